The minimum absolute atomic E-state index is 0.0193. The van der Waals surface area contributed by atoms with Crippen molar-refractivity contribution in [2.24, 2.45) is 0 Å². The van der Waals surface area contributed by atoms with Crippen LogP contribution in [-0.2, 0) is 11.2 Å². The summed E-state index contributed by atoms with van der Waals surface area (Å²) in [6.07, 6.45) is 0.828. The summed E-state index contributed by atoms with van der Waals surface area (Å²) in [5.41, 5.74) is 0.579. The molecule has 0 heterocycles. The van der Waals surface area contributed by atoms with Crippen LogP contribution in [-0.4, -0.2) is 11.1 Å². The number of hydrogen-bond donors (Lipinski definition) is 1. The van der Waals surface area contributed by atoms with Crippen LogP contribution in [0.4, 0.5) is 8.78 Å². The number of rotatable bonds is 4. The van der Waals surface area contributed by atoms with Crippen LogP contribution in [0.3, 0.4) is 0 Å². The first-order valence-corrected chi connectivity index (χ1v) is 5.16. The lowest BCUT2D eigenvalue weighted by atomic mass is 10.1. The number of carboxylic acids is 1. The van der Waals surface area contributed by atoms with E-state index in [4.69, 9.17) is 5.11 Å². The Balaban J connectivity index is 2.70. The maximum absolute atomic E-state index is 13.0. The van der Waals surface area contributed by atoms with Gasteiger partial charge in [0.25, 0.3) is 0 Å². The van der Waals surface area contributed by atoms with Gasteiger partial charge >= 0.3 is 5.97 Å². The van der Waals surface area contributed by atoms with Crippen LogP contribution in [0.25, 0.3) is 0 Å². The molecule has 1 rings (SSSR count). The molecule has 0 saturated heterocycles. The van der Waals surface area contributed by atoms with Crippen LogP contribution in [0.1, 0.15) is 18.4 Å². The molecule has 82 valence electrons. The molecule has 0 bridgehead atoms. The lowest BCUT2D eigenvalue weighted by Gasteiger charge is -2.04. The summed E-state index contributed by atoms with van der Waals surface area (Å²) >= 11 is 2.94. The van der Waals surface area contributed by atoms with Crippen molar-refractivity contribution in [2.75, 3.05) is 0 Å². The van der Waals surface area contributed by atoms with E-state index in [1.54, 1.807) is 0 Å². The van der Waals surface area contributed by atoms with Gasteiger partial charge in [0.15, 0.2) is 11.6 Å². The zero-order chi connectivity index (χ0) is 11.4. The second kappa shape index (κ2) is 5.21. The van der Waals surface area contributed by atoms with Crippen LogP contribution in [0.2, 0.25) is 0 Å². The van der Waals surface area contributed by atoms with Crippen LogP contribution in [0, 0.1) is 11.6 Å². The van der Waals surface area contributed by atoms with Crippen molar-refractivity contribution in [1.29, 1.82) is 0 Å². The third-order valence-electron chi connectivity index (χ3n) is 1.95. The predicted molar refractivity (Wildman–Crippen MR) is 54.6 cm³/mol. The topological polar surface area (TPSA) is 37.3 Å². The number of carboxylic acid groups (broad SMARTS) is 1. The van der Waals surface area contributed by atoms with Crippen LogP contribution < -0.4 is 0 Å². The Bertz CT molecular complexity index is 380. The molecule has 0 atom stereocenters. The largest absolute Gasteiger partial charge is 0.481 e. The molecule has 0 unspecified atom stereocenters. The molecular weight excluding hydrogens is 270 g/mol. The number of carbonyl (C=O) groups is 1. The maximum Gasteiger partial charge on any atom is 0.303 e. The Kier molecular flexibility index (Phi) is 4.20. The number of hydrogen-bond acceptors (Lipinski definition) is 1. The first-order chi connectivity index (χ1) is 7.02. The summed E-state index contributed by atoms with van der Waals surface area (Å²) in [7, 11) is 0. The van der Waals surface area contributed by atoms with Crippen molar-refractivity contribution in [3.8, 4) is 0 Å². The van der Waals surface area contributed by atoms with Gasteiger partial charge in [-0.3, -0.25) is 4.79 Å². The Morgan fingerprint density at radius 1 is 1.40 bits per heavy atom. The molecule has 2 nitrogen and oxygen atoms in total. The van der Waals surface area contributed by atoms with E-state index in [0.717, 1.165) is 6.07 Å². The molecule has 0 aliphatic rings. The van der Waals surface area contributed by atoms with Crippen LogP contribution >= 0.6 is 15.9 Å². The molecule has 0 amide bonds. The lowest BCUT2D eigenvalue weighted by Crippen LogP contribution is -1.98. The summed E-state index contributed by atoms with van der Waals surface area (Å²) < 4.78 is 25.8. The molecule has 0 aliphatic heterocycles. The first kappa shape index (κ1) is 12.1. The third kappa shape index (κ3) is 3.27. The molecule has 1 aromatic rings. The fraction of sp³-hybridized carbons (Fsp3) is 0.300. The molecule has 5 heteroatoms. The molecule has 0 fully saturated rings. The summed E-state index contributed by atoms with van der Waals surface area (Å²) in [5, 5.41) is 8.41. The van der Waals surface area contributed by atoms with Crippen LogP contribution in [0.5, 0.6) is 0 Å². The van der Waals surface area contributed by atoms with Crippen molar-refractivity contribution >= 4 is 21.9 Å². The third-order valence-corrected chi connectivity index (χ3v) is 2.81. The lowest BCUT2D eigenvalue weighted by molar-refractivity contribution is -0.137. The van der Waals surface area contributed by atoms with Gasteiger partial charge in [0, 0.05) is 6.42 Å². The Hall–Kier alpha value is -0.970. The van der Waals surface area contributed by atoms with Crippen molar-refractivity contribution in [1.82, 2.24) is 0 Å². The standard InChI is InChI=1S/C10H9BrF2O2/c11-9-6(2-1-3-8(14)15)4-5-7(12)10(9)13/h4-5H,1-3H2,(H,14,15). The van der Waals surface area contributed by atoms with Crippen molar-refractivity contribution in [3.05, 3.63) is 33.8 Å². The number of aliphatic carboxylic acids is 1. The molecule has 0 aromatic heterocycles. The zero-order valence-corrected chi connectivity index (χ0v) is 9.35. The van der Waals surface area contributed by atoms with Gasteiger partial charge in [-0.25, -0.2) is 8.78 Å². The van der Waals surface area contributed by atoms with E-state index in [0.29, 0.717) is 18.4 Å². The highest BCUT2D eigenvalue weighted by Gasteiger charge is 2.10. The maximum atomic E-state index is 13.0. The first-order valence-electron chi connectivity index (χ1n) is 4.36. The highest BCUT2D eigenvalue weighted by atomic mass is 79.9. The number of benzene rings is 1. The Labute approximate surface area is 94.0 Å². The van der Waals surface area contributed by atoms with Gasteiger partial charge in [-0.1, -0.05) is 6.07 Å². The van der Waals surface area contributed by atoms with Gasteiger partial charge in [0.2, 0.25) is 0 Å². The second-order valence-electron chi connectivity index (χ2n) is 3.08. The fourth-order valence-electron chi connectivity index (χ4n) is 1.19. The Morgan fingerprint density at radius 3 is 2.67 bits per heavy atom. The molecule has 0 spiro atoms. The molecule has 0 saturated carbocycles. The van der Waals surface area contributed by atoms with Crippen molar-refractivity contribution < 1.29 is 18.7 Å². The smallest absolute Gasteiger partial charge is 0.303 e. The average Bonchev–Trinajstić information content (AvgIpc) is 2.18. The van der Waals surface area contributed by atoms with Gasteiger partial charge in [-0.15, -0.1) is 0 Å². The minimum Gasteiger partial charge on any atom is -0.481 e. The van der Waals surface area contributed by atoms with E-state index in [1.165, 1.54) is 6.07 Å². The zero-order valence-electron chi connectivity index (χ0n) is 7.77. The van der Waals surface area contributed by atoms with E-state index < -0.39 is 17.6 Å². The van der Waals surface area contributed by atoms with Gasteiger partial charge in [0.1, 0.15) is 0 Å². The Morgan fingerprint density at radius 2 is 2.07 bits per heavy atom. The summed E-state index contributed by atoms with van der Waals surface area (Å²) in [5.74, 6) is -2.74. The molecule has 0 radical (unpaired) electrons. The van der Waals surface area contributed by atoms with Crippen molar-refractivity contribution in [3.63, 3.8) is 0 Å². The quantitative estimate of drug-likeness (QED) is 0.860. The minimum atomic E-state index is -0.928. The van der Waals surface area contributed by atoms with Crippen molar-refractivity contribution in [2.45, 2.75) is 19.3 Å². The SMILES string of the molecule is O=C(O)CCCc1ccc(F)c(F)c1Br. The highest BCUT2D eigenvalue weighted by Crippen LogP contribution is 2.24. The molecule has 1 aromatic carbocycles. The molecule has 1 N–H and O–H groups in total. The average molecular weight is 279 g/mol. The van der Waals surface area contributed by atoms with E-state index in [1.807, 2.05) is 0 Å². The normalized spacial score (nSPS) is 10.3. The number of aryl methyl sites for hydroxylation is 1. The number of halogens is 3. The molecule has 15 heavy (non-hydrogen) atoms. The molecular formula is C10H9BrF2O2. The monoisotopic (exact) mass is 278 g/mol. The van der Waals surface area contributed by atoms with Gasteiger partial charge in [0.05, 0.1) is 4.47 Å². The predicted octanol–water partition coefficient (Wildman–Crippen LogP) is 3.13. The summed E-state index contributed by atoms with van der Waals surface area (Å²) in [4.78, 5) is 10.2. The van der Waals surface area contributed by atoms with Gasteiger partial charge in [-0.05, 0) is 40.4 Å². The van der Waals surface area contributed by atoms with Gasteiger partial charge in [-0.2, -0.15) is 0 Å². The summed E-state index contributed by atoms with van der Waals surface area (Å²) in [6.45, 7) is 0. The van der Waals surface area contributed by atoms with E-state index in [-0.39, 0.29) is 10.9 Å². The second-order valence-corrected chi connectivity index (χ2v) is 3.87. The van der Waals surface area contributed by atoms with E-state index in [2.05, 4.69) is 15.9 Å². The van der Waals surface area contributed by atoms with E-state index in [9.17, 15) is 13.6 Å². The van der Waals surface area contributed by atoms with Gasteiger partial charge < -0.3 is 5.11 Å². The molecule has 0 aliphatic carbocycles. The van der Waals surface area contributed by atoms with E-state index >= 15 is 0 Å². The van der Waals surface area contributed by atoms with Crippen LogP contribution in [0.15, 0.2) is 16.6 Å². The fourth-order valence-corrected chi connectivity index (χ4v) is 1.71. The summed E-state index contributed by atoms with van der Waals surface area (Å²) in [6, 6.07) is 2.49. The highest BCUT2D eigenvalue weighted by molar-refractivity contribution is 9.10.